The van der Waals surface area contributed by atoms with Gasteiger partial charge in [0.2, 0.25) is 5.91 Å². The highest BCUT2D eigenvalue weighted by molar-refractivity contribution is 7.17. The topological polar surface area (TPSA) is 75.4 Å². The van der Waals surface area contributed by atoms with Crippen LogP contribution in [0.1, 0.15) is 33.3 Å². The fourth-order valence-corrected chi connectivity index (χ4v) is 4.26. The molecule has 0 aliphatic carbocycles. The third-order valence-corrected chi connectivity index (χ3v) is 5.43. The molecular formula is C19H21N3O2S. The summed E-state index contributed by atoms with van der Waals surface area (Å²) in [6, 6.07) is 9.58. The number of nitrogens with one attached hydrogen (secondary N) is 1. The standard InChI is InChI=1S/C19H21N3O2S/c1-2-22-11-10-14-15(12-22)25-19(17(14)18(20)24)21-16(23)9-8-13-6-4-3-5-7-13/h3-9H,2,10-12H2,1H3,(H2,20,24)(H,21,23)/b9-8+. The van der Waals surface area contributed by atoms with E-state index in [2.05, 4.69) is 17.1 Å². The van der Waals surface area contributed by atoms with Gasteiger partial charge in [0.1, 0.15) is 5.00 Å². The molecule has 0 fully saturated rings. The Morgan fingerprint density at radius 3 is 2.76 bits per heavy atom. The lowest BCUT2D eigenvalue weighted by Crippen LogP contribution is -2.30. The minimum Gasteiger partial charge on any atom is -0.365 e. The van der Waals surface area contributed by atoms with E-state index < -0.39 is 5.91 Å². The molecule has 0 saturated carbocycles. The molecule has 0 unspecified atom stereocenters. The molecule has 25 heavy (non-hydrogen) atoms. The minimum atomic E-state index is -0.482. The van der Waals surface area contributed by atoms with Gasteiger partial charge in [-0.3, -0.25) is 14.5 Å². The first-order valence-electron chi connectivity index (χ1n) is 8.29. The molecule has 0 saturated heterocycles. The smallest absolute Gasteiger partial charge is 0.251 e. The van der Waals surface area contributed by atoms with Crippen LogP contribution < -0.4 is 11.1 Å². The van der Waals surface area contributed by atoms with Crippen LogP contribution in [0.5, 0.6) is 0 Å². The van der Waals surface area contributed by atoms with Crippen molar-refractivity contribution in [1.82, 2.24) is 4.90 Å². The Balaban J connectivity index is 1.80. The van der Waals surface area contributed by atoms with Gasteiger partial charge >= 0.3 is 0 Å². The van der Waals surface area contributed by atoms with E-state index in [0.29, 0.717) is 10.6 Å². The van der Waals surface area contributed by atoms with Gasteiger partial charge in [0.25, 0.3) is 5.91 Å². The molecule has 5 nitrogen and oxygen atoms in total. The zero-order chi connectivity index (χ0) is 17.8. The van der Waals surface area contributed by atoms with Crippen LogP contribution in [-0.2, 0) is 17.8 Å². The Kier molecular flexibility index (Phi) is 5.31. The lowest BCUT2D eigenvalue weighted by atomic mass is 10.0. The third-order valence-electron chi connectivity index (χ3n) is 4.29. The number of carbonyl (C=O) groups excluding carboxylic acids is 2. The molecule has 2 aromatic rings. The Bertz CT molecular complexity index is 812. The summed E-state index contributed by atoms with van der Waals surface area (Å²) in [5, 5.41) is 3.38. The zero-order valence-corrected chi connectivity index (χ0v) is 14.9. The summed E-state index contributed by atoms with van der Waals surface area (Å²) in [5.41, 5.74) is 7.98. The van der Waals surface area contributed by atoms with E-state index in [1.54, 1.807) is 6.08 Å². The molecule has 3 N–H and O–H groups in total. The van der Waals surface area contributed by atoms with Crippen molar-refractivity contribution in [3.05, 3.63) is 58.0 Å². The van der Waals surface area contributed by atoms with Crippen LogP contribution in [0.25, 0.3) is 6.08 Å². The highest BCUT2D eigenvalue weighted by Gasteiger charge is 2.26. The van der Waals surface area contributed by atoms with Gasteiger partial charge in [0, 0.05) is 24.0 Å². The monoisotopic (exact) mass is 355 g/mol. The third kappa shape index (κ3) is 3.97. The van der Waals surface area contributed by atoms with Crippen molar-refractivity contribution in [2.24, 2.45) is 5.73 Å². The van der Waals surface area contributed by atoms with Gasteiger partial charge < -0.3 is 11.1 Å². The number of carbonyl (C=O) groups is 2. The fourth-order valence-electron chi connectivity index (χ4n) is 2.96. The first-order chi connectivity index (χ1) is 12.1. The van der Waals surface area contributed by atoms with Crippen molar-refractivity contribution >= 4 is 34.2 Å². The fraction of sp³-hybridized carbons (Fsp3) is 0.263. The van der Waals surface area contributed by atoms with Crippen LogP contribution in [0, 0.1) is 0 Å². The van der Waals surface area contributed by atoms with Crippen LogP contribution in [0.2, 0.25) is 0 Å². The summed E-state index contributed by atoms with van der Waals surface area (Å²) in [6.45, 7) is 4.78. The normalized spacial score (nSPS) is 14.4. The van der Waals surface area contributed by atoms with Crippen molar-refractivity contribution < 1.29 is 9.59 Å². The maximum Gasteiger partial charge on any atom is 0.251 e. The van der Waals surface area contributed by atoms with Crippen molar-refractivity contribution in [3.63, 3.8) is 0 Å². The molecular weight excluding hydrogens is 334 g/mol. The van der Waals surface area contributed by atoms with E-state index in [0.717, 1.165) is 42.1 Å². The molecule has 1 aliphatic rings. The summed E-state index contributed by atoms with van der Waals surface area (Å²) in [4.78, 5) is 27.6. The number of benzene rings is 1. The summed E-state index contributed by atoms with van der Waals surface area (Å²) in [6.07, 6.45) is 4.00. The second kappa shape index (κ2) is 7.63. The first kappa shape index (κ1) is 17.4. The molecule has 130 valence electrons. The molecule has 0 atom stereocenters. The Hall–Kier alpha value is -2.44. The second-order valence-electron chi connectivity index (χ2n) is 5.92. The number of hydrogen-bond acceptors (Lipinski definition) is 4. The Labute approximate surface area is 151 Å². The van der Waals surface area contributed by atoms with E-state index in [9.17, 15) is 9.59 Å². The van der Waals surface area contributed by atoms with E-state index in [4.69, 9.17) is 5.73 Å². The Morgan fingerprint density at radius 1 is 1.32 bits per heavy atom. The second-order valence-corrected chi connectivity index (χ2v) is 7.03. The van der Waals surface area contributed by atoms with Crippen LogP contribution in [0.4, 0.5) is 5.00 Å². The highest BCUT2D eigenvalue weighted by atomic mass is 32.1. The van der Waals surface area contributed by atoms with Crippen molar-refractivity contribution in [1.29, 1.82) is 0 Å². The zero-order valence-electron chi connectivity index (χ0n) is 14.1. The number of thiophene rings is 1. The molecule has 2 heterocycles. The number of fused-ring (bicyclic) bond motifs is 1. The van der Waals surface area contributed by atoms with Crippen LogP contribution in [0.3, 0.4) is 0 Å². The highest BCUT2D eigenvalue weighted by Crippen LogP contribution is 2.36. The SMILES string of the molecule is CCN1CCc2c(sc(NC(=O)/C=C/c3ccccc3)c2C(N)=O)C1. The van der Waals surface area contributed by atoms with Gasteiger partial charge in [-0.05, 0) is 30.2 Å². The molecule has 0 spiro atoms. The number of nitrogens with two attached hydrogens (primary N) is 1. The lowest BCUT2D eigenvalue weighted by Gasteiger charge is -2.25. The molecule has 3 rings (SSSR count). The number of primary amides is 1. The van der Waals surface area contributed by atoms with Crippen molar-refractivity contribution in [3.8, 4) is 0 Å². The number of anilines is 1. The molecule has 0 bridgehead atoms. The van der Waals surface area contributed by atoms with Gasteiger partial charge in [0.05, 0.1) is 5.56 Å². The van der Waals surface area contributed by atoms with Gasteiger partial charge in [0.15, 0.2) is 0 Å². The summed E-state index contributed by atoms with van der Waals surface area (Å²) < 4.78 is 0. The van der Waals surface area contributed by atoms with Crippen molar-refractivity contribution in [2.75, 3.05) is 18.4 Å². The predicted molar refractivity (Wildman–Crippen MR) is 102 cm³/mol. The number of nitrogens with zero attached hydrogens (tertiary/aromatic N) is 1. The number of rotatable bonds is 5. The predicted octanol–water partition coefficient (Wildman–Crippen LogP) is 2.88. The first-order valence-corrected chi connectivity index (χ1v) is 9.11. The minimum absolute atomic E-state index is 0.266. The van der Waals surface area contributed by atoms with Crippen LogP contribution in [0.15, 0.2) is 36.4 Å². The van der Waals surface area contributed by atoms with Gasteiger partial charge in [-0.2, -0.15) is 0 Å². The number of hydrogen-bond donors (Lipinski definition) is 2. The number of likely N-dealkylation sites (N-methyl/N-ethyl adjacent to an activating group) is 1. The average molecular weight is 355 g/mol. The maximum absolute atomic E-state index is 12.2. The Morgan fingerprint density at radius 2 is 2.08 bits per heavy atom. The van der Waals surface area contributed by atoms with Gasteiger partial charge in [-0.25, -0.2) is 0 Å². The van der Waals surface area contributed by atoms with Crippen LogP contribution >= 0.6 is 11.3 Å². The average Bonchev–Trinajstić information content (AvgIpc) is 2.97. The van der Waals surface area contributed by atoms with E-state index in [1.807, 2.05) is 30.3 Å². The molecule has 1 aliphatic heterocycles. The molecule has 2 amide bonds. The quantitative estimate of drug-likeness (QED) is 0.810. The molecule has 1 aromatic heterocycles. The van der Waals surface area contributed by atoms with E-state index in [-0.39, 0.29) is 5.91 Å². The molecule has 6 heteroatoms. The molecule has 1 aromatic carbocycles. The number of amides is 2. The van der Waals surface area contributed by atoms with Crippen LogP contribution in [-0.4, -0.2) is 29.8 Å². The van der Waals surface area contributed by atoms with E-state index in [1.165, 1.54) is 17.4 Å². The van der Waals surface area contributed by atoms with E-state index >= 15 is 0 Å². The maximum atomic E-state index is 12.2. The lowest BCUT2D eigenvalue weighted by molar-refractivity contribution is -0.111. The van der Waals surface area contributed by atoms with Crippen molar-refractivity contribution in [2.45, 2.75) is 19.9 Å². The van der Waals surface area contributed by atoms with Gasteiger partial charge in [-0.15, -0.1) is 11.3 Å². The summed E-state index contributed by atoms with van der Waals surface area (Å²) in [7, 11) is 0. The van der Waals surface area contributed by atoms with Gasteiger partial charge in [-0.1, -0.05) is 37.3 Å². The molecule has 0 radical (unpaired) electrons. The largest absolute Gasteiger partial charge is 0.365 e. The summed E-state index contributed by atoms with van der Waals surface area (Å²) in [5.74, 6) is -0.748. The summed E-state index contributed by atoms with van der Waals surface area (Å²) >= 11 is 1.45.